The highest BCUT2D eigenvalue weighted by atomic mass is 16.1. The van der Waals surface area contributed by atoms with Crippen molar-refractivity contribution in [1.82, 2.24) is 9.97 Å². The van der Waals surface area contributed by atoms with Crippen LogP contribution in [0.15, 0.2) is 4.79 Å². The summed E-state index contributed by atoms with van der Waals surface area (Å²) in [5, 5.41) is 0. The molecule has 0 saturated heterocycles. The van der Waals surface area contributed by atoms with Crippen molar-refractivity contribution in [3.63, 3.8) is 0 Å². The van der Waals surface area contributed by atoms with Gasteiger partial charge < -0.3 is 9.97 Å². The third-order valence-corrected chi connectivity index (χ3v) is 2.64. The topological polar surface area (TPSA) is 65.7 Å². The molecular formula is C9H12N2O2. The van der Waals surface area contributed by atoms with Crippen LogP contribution in [0.4, 0.5) is 0 Å². The van der Waals surface area contributed by atoms with Crippen LogP contribution in [0.25, 0.3) is 0 Å². The first-order chi connectivity index (χ1) is 6.18. The Balaban J connectivity index is 2.28. The molecule has 2 N–H and O–H groups in total. The molecule has 1 aromatic rings. The number of imidazole rings is 1. The van der Waals surface area contributed by atoms with Gasteiger partial charge >= 0.3 is 5.69 Å². The molecule has 0 spiro atoms. The fourth-order valence-corrected chi connectivity index (χ4v) is 1.59. The summed E-state index contributed by atoms with van der Waals surface area (Å²) >= 11 is 0. The van der Waals surface area contributed by atoms with Crippen LogP contribution in [0, 0.1) is 12.8 Å². The van der Waals surface area contributed by atoms with Gasteiger partial charge in [0.15, 0.2) is 5.78 Å². The molecule has 0 aromatic carbocycles. The number of hydrogen-bond donors (Lipinski definition) is 2. The number of carbonyl (C=O) groups is 1. The number of aryl methyl sites for hydroxylation is 1. The van der Waals surface area contributed by atoms with E-state index in [1.54, 1.807) is 6.92 Å². The Morgan fingerprint density at radius 3 is 2.46 bits per heavy atom. The number of rotatable bonds is 2. The highest BCUT2D eigenvalue weighted by Crippen LogP contribution is 2.29. The van der Waals surface area contributed by atoms with E-state index in [1.807, 2.05) is 0 Å². The van der Waals surface area contributed by atoms with Crippen molar-refractivity contribution < 1.29 is 4.79 Å². The Hall–Kier alpha value is -1.32. The number of aromatic nitrogens is 2. The minimum atomic E-state index is -0.292. The molecular weight excluding hydrogens is 168 g/mol. The number of Topliss-reactive ketones (excluding diaryl/α,β-unsaturated/α-hetero) is 1. The lowest BCUT2D eigenvalue weighted by Crippen LogP contribution is -2.23. The molecule has 0 unspecified atom stereocenters. The maximum absolute atomic E-state index is 11.7. The van der Waals surface area contributed by atoms with Gasteiger partial charge in [-0.15, -0.1) is 0 Å². The molecule has 4 nitrogen and oxygen atoms in total. The van der Waals surface area contributed by atoms with Crippen molar-refractivity contribution in [2.24, 2.45) is 5.92 Å². The third-order valence-electron chi connectivity index (χ3n) is 2.64. The van der Waals surface area contributed by atoms with Crippen LogP contribution in [0.5, 0.6) is 0 Å². The number of ketones is 1. The predicted molar refractivity (Wildman–Crippen MR) is 47.8 cm³/mol. The lowest BCUT2D eigenvalue weighted by molar-refractivity contribution is 0.0849. The molecule has 1 aromatic heterocycles. The number of aromatic amines is 2. The largest absolute Gasteiger partial charge is 0.323 e. The average Bonchev–Trinajstić information content (AvgIpc) is 2.26. The van der Waals surface area contributed by atoms with Gasteiger partial charge in [-0.2, -0.15) is 0 Å². The zero-order chi connectivity index (χ0) is 9.42. The second-order valence-corrected chi connectivity index (χ2v) is 3.57. The summed E-state index contributed by atoms with van der Waals surface area (Å²) < 4.78 is 0. The van der Waals surface area contributed by atoms with Gasteiger partial charge in [0.05, 0.1) is 0 Å². The van der Waals surface area contributed by atoms with Crippen molar-refractivity contribution in [2.75, 3.05) is 0 Å². The van der Waals surface area contributed by atoms with Crippen LogP contribution in [-0.2, 0) is 0 Å². The van der Waals surface area contributed by atoms with Gasteiger partial charge in [0.2, 0.25) is 0 Å². The van der Waals surface area contributed by atoms with E-state index in [0.717, 1.165) is 19.3 Å². The molecule has 1 saturated carbocycles. The highest BCUT2D eigenvalue weighted by molar-refractivity contribution is 5.97. The van der Waals surface area contributed by atoms with E-state index in [-0.39, 0.29) is 17.4 Å². The molecule has 0 aliphatic heterocycles. The predicted octanol–water partition coefficient (Wildman–Crippen LogP) is 0.994. The molecule has 1 aliphatic carbocycles. The number of nitrogens with one attached hydrogen (secondary N) is 2. The Labute approximate surface area is 75.4 Å². The summed E-state index contributed by atoms with van der Waals surface area (Å²) in [6.07, 6.45) is 3.06. The number of carbonyl (C=O) groups excluding carboxylic acids is 1. The summed E-state index contributed by atoms with van der Waals surface area (Å²) in [7, 11) is 0. The molecule has 1 aliphatic rings. The van der Waals surface area contributed by atoms with Crippen LogP contribution in [-0.4, -0.2) is 15.8 Å². The standard InChI is InChI=1S/C9H12N2O2/c1-5-7(11-9(13)10-5)8(12)6-3-2-4-6/h6H,2-4H2,1H3,(H2,10,11,13). The SMILES string of the molecule is Cc1[nH]c(=O)[nH]c1C(=O)C1CCC1. The normalized spacial score (nSPS) is 17.0. The minimum absolute atomic E-state index is 0.0853. The smallest absolute Gasteiger partial charge is 0.310 e. The van der Waals surface area contributed by atoms with E-state index in [4.69, 9.17) is 0 Å². The van der Waals surface area contributed by atoms with Gasteiger partial charge in [-0.3, -0.25) is 4.79 Å². The molecule has 0 bridgehead atoms. The van der Waals surface area contributed by atoms with Crippen molar-refractivity contribution >= 4 is 5.78 Å². The molecule has 1 heterocycles. The van der Waals surface area contributed by atoms with E-state index in [2.05, 4.69) is 9.97 Å². The van der Waals surface area contributed by atoms with Crippen molar-refractivity contribution in [1.29, 1.82) is 0 Å². The molecule has 4 heteroatoms. The first-order valence-corrected chi connectivity index (χ1v) is 4.51. The first-order valence-electron chi connectivity index (χ1n) is 4.51. The maximum atomic E-state index is 11.7. The zero-order valence-corrected chi connectivity index (χ0v) is 7.52. The van der Waals surface area contributed by atoms with E-state index < -0.39 is 0 Å². The van der Waals surface area contributed by atoms with E-state index >= 15 is 0 Å². The summed E-state index contributed by atoms with van der Waals surface area (Å²) in [5.74, 6) is 0.229. The van der Waals surface area contributed by atoms with Gasteiger partial charge in [-0.05, 0) is 19.8 Å². The molecule has 0 radical (unpaired) electrons. The van der Waals surface area contributed by atoms with Gasteiger partial charge in [-0.25, -0.2) is 4.79 Å². The van der Waals surface area contributed by atoms with E-state index in [9.17, 15) is 9.59 Å². The van der Waals surface area contributed by atoms with Crippen LogP contribution in [0.3, 0.4) is 0 Å². The Bertz CT molecular complexity index is 385. The lowest BCUT2D eigenvalue weighted by atomic mass is 9.81. The van der Waals surface area contributed by atoms with Gasteiger partial charge in [0.1, 0.15) is 5.69 Å². The quantitative estimate of drug-likeness (QED) is 0.666. The van der Waals surface area contributed by atoms with Gasteiger partial charge in [0, 0.05) is 11.6 Å². The van der Waals surface area contributed by atoms with Crippen molar-refractivity contribution in [3.8, 4) is 0 Å². The molecule has 2 rings (SSSR count). The number of hydrogen-bond acceptors (Lipinski definition) is 2. The summed E-state index contributed by atoms with van der Waals surface area (Å²) in [6.45, 7) is 1.74. The fraction of sp³-hybridized carbons (Fsp3) is 0.556. The minimum Gasteiger partial charge on any atom is -0.310 e. The first kappa shape index (κ1) is 8.29. The Morgan fingerprint density at radius 2 is 2.08 bits per heavy atom. The second kappa shape index (κ2) is 2.87. The van der Waals surface area contributed by atoms with Gasteiger partial charge in [0.25, 0.3) is 0 Å². The highest BCUT2D eigenvalue weighted by Gasteiger charge is 2.28. The lowest BCUT2D eigenvalue weighted by Gasteiger charge is -2.23. The number of H-pyrrole nitrogens is 2. The third kappa shape index (κ3) is 1.32. The van der Waals surface area contributed by atoms with Crippen LogP contribution in [0.1, 0.15) is 35.4 Å². The molecule has 1 fully saturated rings. The van der Waals surface area contributed by atoms with Crippen LogP contribution in [0.2, 0.25) is 0 Å². The van der Waals surface area contributed by atoms with Gasteiger partial charge in [-0.1, -0.05) is 6.42 Å². The average molecular weight is 180 g/mol. The summed E-state index contributed by atoms with van der Waals surface area (Å²) in [5.41, 5.74) is 0.830. The molecule has 0 atom stereocenters. The summed E-state index contributed by atoms with van der Waals surface area (Å²) in [6, 6.07) is 0. The Kier molecular flexibility index (Phi) is 1.83. The van der Waals surface area contributed by atoms with E-state index in [1.165, 1.54) is 0 Å². The zero-order valence-electron chi connectivity index (χ0n) is 7.52. The van der Waals surface area contributed by atoms with E-state index in [0.29, 0.717) is 11.4 Å². The molecule has 0 amide bonds. The monoisotopic (exact) mass is 180 g/mol. The van der Waals surface area contributed by atoms with Crippen LogP contribution < -0.4 is 5.69 Å². The molecule has 13 heavy (non-hydrogen) atoms. The van der Waals surface area contributed by atoms with Crippen molar-refractivity contribution in [2.45, 2.75) is 26.2 Å². The molecule has 70 valence electrons. The summed E-state index contributed by atoms with van der Waals surface area (Å²) in [4.78, 5) is 27.6. The maximum Gasteiger partial charge on any atom is 0.323 e. The Morgan fingerprint density at radius 1 is 1.38 bits per heavy atom. The van der Waals surface area contributed by atoms with Crippen LogP contribution >= 0.6 is 0 Å². The van der Waals surface area contributed by atoms with Crippen molar-refractivity contribution in [3.05, 3.63) is 21.9 Å². The second-order valence-electron chi connectivity index (χ2n) is 3.57. The fourth-order valence-electron chi connectivity index (χ4n) is 1.59.